The number of carbonyl (C=O) groups excluding carboxylic acids is 1. The van der Waals surface area contributed by atoms with E-state index in [0.717, 1.165) is 45.6 Å². The van der Waals surface area contributed by atoms with Crippen LogP contribution in [0.1, 0.15) is 47.0 Å². The Hall–Kier alpha value is -1.08. The number of likely N-dealkylation sites (tertiary alicyclic amines) is 1. The van der Waals surface area contributed by atoms with Crippen molar-refractivity contribution in [2.75, 3.05) is 32.7 Å². The zero-order chi connectivity index (χ0) is 15.8. The number of rotatable bonds is 7. The second-order valence-corrected chi connectivity index (χ2v) is 7.08. The highest BCUT2D eigenvalue weighted by Crippen LogP contribution is 2.20. The minimum Gasteiger partial charge on any atom is -0.342 e. The lowest BCUT2D eigenvalue weighted by Crippen LogP contribution is -2.47. The third-order valence-corrected chi connectivity index (χ3v) is 3.88. The van der Waals surface area contributed by atoms with Crippen LogP contribution in [-0.2, 0) is 4.79 Å². The van der Waals surface area contributed by atoms with E-state index in [2.05, 4.69) is 43.6 Å². The van der Waals surface area contributed by atoms with E-state index in [-0.39, 0.29) is 5.92 Å². The summed E-state index contributed by atoms with van der Waals surface area (Å²) in [4.78, 5) is 17.2. The molecule has 0 aromatic rings. The molecule has 0 aromatic heterocycles. The molecule has 1 aliphatic heterocycles. The van der Waals surface area contributed by atoms with E-state index < -0.39 is 0 Å². The zero-order valence-corrected chi connectivity index (χ0v) is 14.1. The van der Waals surface area contributed by atoms with Gasteiger partial charge in [0.05, 0.1) is 12.0 Å². The molecule has 1 aliphatic rings. The molecular weight excluding hydrogens is 262 g/mol. The Kier molecular flexibility index (Phi) is 7.74. The molecule has 0 radical (unpaired) electrons. The Morgan fingerprint density at radius 3 is 2.43 bits per heavy atom. The first-order chi connectivity index (χ1) is 9.93. The van der Waals surface area contributed by atoms with Crippen LogP contribution in [0.15, 0.2) is 0 Å². The van der Waals surface area contributed by atoms with Crippen LogP contribution in [-0.4, -0.2) is 48.4 Å². The molecule has 1 heterocycles. The Balaban J connectivity index is 2.62. The summed E-state index contributed by atoms with van der Waals surface area (Å²) < 4.78 is 0. The first-order valence-electron chi connectivity index (χ1n) is 8.32. The van der Waals surface area contributed by atoms with Crippen molar-refractivity contribution in [1.29, 1.82) is 5.26 Å². The van der Waals surface area contributed by atoms with Crippen molar-refractivity contribution >= 4 is 5.91 Å². The molecule has 1 unspecified atom stereocenters. The van der Waals surface area contributed by atoms with Crippen LogP contribution in [0.2, 0.25) is 0 Å². The standard InChI is InChI=1S/C17H31N3O/c1-14(2)11-20(12-15(3)4)17(21)16-7-5-9-19(13-16)10-6-8-18/h14-16H,5-7,9-13H2,1-4H3. The van der Waals surface area contributed by atoms with Crippen LogP contribution in [0.4, 0.5) is 0 Å². The fourth-order valence-corrected chi connectivity index (χ4v) is 3.06. The van der Waals surface area contributed by atoms with E-state index in [1.165, 1.54) is 0 Å². The molecule has 0 N–H and O–H groups in total. The molecule has 1 amide bonds. The zero-order valence-electron chi connectivity index (χ0n) is 14.1. The van der Waals surface area contributed by atoms with Crippen molar-refractivity contribution < 1.29 is 4.79 Å². The van der Waals surface area contributed by atoms with E-state index >= 15 is 0 Å². The first kappa shape index (κ1) is 18.0. The van der Waals surface area contributed by atoms with E-state index in [0.29, 0.717) is 24.2 Å². The summed E-state index contributed by atoms with van der Waals surface area (Å²) in [7, 11) is 0. The van der Waals surface area contributed by atoms with Crippen LogP contribution < -0.4 is 0 Å². The Morgan fingerprint density at radius 2 is 1.90 bits per heavy atom. The van der Waals surface area contributed by atoms with E-state index in [1.54, 1.807) is 0 Å². The monoisotopic (exact) mass is 293 g/mol. The van der Waals surface area contributed by atoms with Gasteiger partial charge in [0, 0.05) is 32.6 Å². The van der Waals surface area contributed by atoms with Gasteiger partial charge in [-0.25, -0.2) is 0 Å². The molecule has 1 saturated heterocycles. The van der Waals surface area contributed by atoms with E-state index in [4.69, 9.17) is 5.26 Å². The Labute approximate surface area is 130 Å². The van der Waals surface area contributed by atoms with E-state index in [9.17, 15) is 4.79 Å². The van der Waals surface area contributed by atoms with Crippen LogP contribution in [0.3, 0.4) is 0 Å². The van der Waals surface area contributed by atoms with Gasteiger partial charge in [-0.1, -0.05) is 27.7 Å². The van der Waals surface area contributed by atoms with E-state index in [1.807, 2.05) is 0 Å². The number of nitriles is 1. The largest absolute Gasteiger partial charge is 0.342 e. The molecule has 21 heavy (non-hydrogen) atoms. The lowest BCUT2D eigenvalue weighted by atomic mass is 9.95. The molecule has 0 bridgehead atoms. The summed E-state index contributed by atoms with van der Waals surface area (Å²) in [6.07, 6.45) is 2.62. The third-order valence-electron chi connectivity index (χ3n) is 3.88. The van der Waals surface area contributed by atoms with Gasteiger partial charge in [-0.15, -0.1) is 0 Å². The van der Waals surface area contributed by atoms with Crippen LogP contribution in [0.5, 0.6) is 0 Å². The summed E-state index contributed by atoms with van der Waals surface area (Å²) in [5.74, 6) is 1.45. The predicted molar refractivity (Wildman–Crippen MR) is 85.7 cm³/mol. The van der Waals surface area contributed by atoms with Crippen molar-refractivity contribution in [3.8, 4) is 6.07 Å². The second-order valence-electron chi connectivity index (χ2n) is 7.08. The smallest absolute Gasteiger partial charge is 0.226 e. The Bertz CT molecular complexity index is 350. The normalized spacial score (nSPS) is 19.8. The van der Waals surface area contributed by atoms with Crippen molar-refractivity contribution in [2.24, 2.45) is 17.8 Å². The molecule has 120 valence electrons. The van der Waals surface area contributed by atoms with Crippen molar-refractivity contribution in [3.63, 3.8) is 0 Å². The van der Waals surface area contributed by atoms with Crippen molar-refractivity contribution in [1.82, 2.24) is 9.80 Å². The SMILES string of the molecule is CC(C)CN(CC(C)C)C(=O)C1CCCN(CCC#N)C1. The quantitative estimate of drug-likeness (QED) is 0.725. The highest BCUT2D eigenvalue weighted by atomic mass is 16.2. The second kappa shape index (κ2) is 9.04. The Morgan fingerprint density at radius 1 is 1.29 bits per heavy atom. The number of hydrogen-bond donors (Lipinski definition) is 0. The van der Waals surface area contributed by atoms with Gasteiger partial charge in [-0.05, 0) is 31.2 Å². The molecule has 4 nitrogen and oxygen atoms in total. The van der Waals surface area contributed by atoms with Gasteiger partial charge in [0.1, 0.15) is 0 Å². The molecular formula is C17H31N3O. The van der Waals surface area contributed by atoms with Crippen LogP contribution >= 0.6 is 0 Å². The number of amides is 1. The average molecular weight is 293 g/mol. The minimum absolute atomic E-state index is 0.120. The summed E-state index contributed by atoms with van der Waals surface area (Å²) in [5, 5.41) is 8.71. The fraction of sp³-hybridized carbons (Fsp3) is 0.882. The van der Waals surface area contributed by atoms with Gasteiger partial charge in [0.2, 0.25) is 5.91 Å². The summed E-state index contributed by atoms with van der Waals surface area (Å²) in [5.41, 5.74) is 0. The maximum atomic E-state index is 12.8. The van der Waals surface area contributed by atoms with Gasteiger partial charge in [0.25, 0.3) is 0 Å². The molecule has 0 aromatic carbocycles. The number of carbonyl (C=O) groups is 1. The number of hydrogen-bond acceptors (Lipinski definition) is 3. The van der Waals surface area contributed by atoms with Crippen LogP contribution in [0, 0.1) is 29.1 Å². The van der Waals surface area contributed by atoms with Gasteiger partial charge in [-0.2, -0.15) is 5.26 Å². The molecule has 4 heteroatoms. The summed E-state index contributed by atoms with van der Waals surface area (Å²) in [6, 6.07) is 2.20. The lowest BCUT2D eigenvalue weighted by Gasteiger charge is -2.36. The number of nitrogens with zero attached hydrogens (tertiary/aromatic N) is 3. The lowest BCUT2D eigenvalue weighted by molar-refractivity contribution is -0.138. The van der Waals surface area contributed by atoms with Gasteiger partial charge >= 0.3 is 0 Å². The molecule has 1 fully saturated rings. The van der Waals surface area contributed by atoms with Gasteiger partial charge in [0.15, 0.2) is 0 Å². The topological polar surface area (TPSA) is 47.3 Å². The predicted octanol–water partition coefficient (Wildman–Crippen LogP) is 2.75. The maximum absolute atomic E-state index is 12.8. The molecule has 1 rings (SSSR count). The minimum atomic E-state index is 0.120. The average Bonchev–Trinajstić information content (AvgIpc) is 2.43. The third kappa shape index (κ3) is 6.48. The first-order valence-corrected chi connectivity index (χ1v) is 8.32. The van der Waals surface area contributed by atoms with Gasteiger partial charge < -0.3 is 9.80 Å². The highest BCUT2D eigenvalue weighted by Gasteiger charge is 2.29. The molecule has 0 spiro atoms. The van der Waals surface area contributed by atoms with Crippen LogP contribution in [0.25, 0.3) is 0 Å². The number of piperidine rings is 1. The fourth-order valence-electron chi connectivity index (χ4n) is 3.06. The summed E-state index contributed by atoms with van der Waals surface area (Å²) >= 11 is 0. The maximum Gasteiger partial charge on any atom is 0.226 e. The van der Waals surface area contributed by atoms with Crippen molar-refractivity contribution in [2.45, 2.75) is 47.0 Å². The molecule has 1 atom stereocenters. The molecule has 0 aliphatic carbocycles. The summed E-state index contributed by atoms with van der Waals surface area (Å²) in [6.45, 7) is 13.0. The van der Waals surface area contributed by atoms with Crippen molar-refractivity contribution in [3.05, 3.63) is 0 Å². The van der Waals surface area contributed by atoms with Gasteiger partial charge in [-0.3, -0.25) is 4.79 Å². The highest BCUT2D eigenvalue weighted by molar-refractivity contribution is 5.79. The molecule has 0 saturated carbocycles.